The van der Waals surface area contributed by atoms with Crippen LogP contribution in [0.1, 0.15) is 37.5 Å². The van der Waals surface area contributed by atoms with Crippen LogP contribution in [0.25, 0.3) is 0 Å². The lowest BCUT2D eigenvalue weighted by molar-refractivity contribution is 0.112. The van der Waals surface area contributed by atoms with E-state index in [1.165, 1.54) is 25.7 Å². The molecule has 0 saturated carbocycles. The highest BCUT2D eigenvalue weighted by Gasteiger charge is 2.23. The average molecular weight is 223 g/mol. The Morgan fingerprint density at radius 2 is 2.38 bits per heavy atom. The first-order valence-electron chi connectivity index (χ1n) is 6.18. The molecule has 1 aromatic rings. The number of nitrogens with zero attached hydrogens (tertiary/aromatic N) is 1. The Labute approximate surface area is 97.4 Å². The summed E-state index contributed by atoms with van der Waals surface area (Å²) in [5.41, 5.74) is 0. The van der Waals surface area contributed by atoms with E-state index in [2.05, 4.69) is 11.0 Å². The van der Waals surface area contributed by atoms with Crippen LogP contribution in [0.4, 0.5) is 0 Å². The van der Waals surface area contributed by atoms with E-state index in [4.69, 9.17) is 9.15 Å². The minimum atomic E-state index is 0.452. The van der Waals surface area contributed by atoms with Gasteiger partial charge in [-0.15, -0.1) is 0 Å². The van der Waals surface area contributed by atoms with Gasteiger partial charge < -0.3 is 9.15 Å². The predicted molar refractivity (Wildman–Crippen MR) is 63.4 cm³/mol. The quantitative estimate of drug-likeness (QED) is 0.785. The molecule has 2 heterocycles. The summed E-state index contributed by atoms with van der Waals surface area (Å²) < 4.78 is 10.7. The topological polar surface area (TPSA) is 25.6 Å². The molecule has 3 nitrogen and oxygen atoms in total. The molecule has 0 bridgehead atoms. The molecule has 0 aliphatic carbocycles. The van der Waals surface area contributed by atoms with Crippen molar-refractivity contribution in [3.05, 3.63) is 24.2 Å². The van der Waals surface area contributed by atoms with E-state index < -0.39 is 0 Å². The summed E-state index contributed by atoms with van der Waals surface area (Å²) in [6, 6.07) is 4.53. The van der Waals surface area contributed by atoms with Crippen molar-refractivity contribution in [3.63, 3.8) is 0 Å². The summed E-state index contributed by atoms with van der Waals surface area (Å²) in [5.74, 6) is 1.11. The number of ether oxygens (including phenoxy) is 1. The lowest BCUT2D eigenvalue weighted by Gasteiger charge is -2.27. The van der Waals surface area contributed by atoms with E-state index in [1.807, 2.05) is 6.07 Å². The van der Waals surface area contributed by atoms with Crippen LogP contribution in [0.15, 0.2) is 22.8 Å². The Balaban J connectivity index is 2.04. The third kappa shape index (κ3) is 2.86. The predicted octanol–water partition coefficient (Wildman–Crippen LogP) is 2.84. The highest BCUT2D eigenvalue weighted by molar-refractivity contribution is 5.05. The molecule has 0 spiro atoms. The number of methoxy groups -OCH3 is 1. The molecule has 90 valence electrons. The van der Waals surface area contributed by atoms with E-state index in [0.29, 0.717) is 6.04 Å². The van der Waals surface area contributed by atoms with Gasteiger partial charge in [-0.3, -0.25) is 4.90 Å². The number of hydrogen-bond acceptors (Lipinski definition) is 3. The second kappa shape index (κ2) is 6.06. The molecule has 1 aromatic heterocycles. The molecule has 0 N–H and O–H groups in total. The van der Waals surface area contributed by atoms with Crippen molar-refractivity contribution >= 4 is 0 Å². The molecule has 0 radical (unpaired) electrons. The fourth-order valence-corrected chi connectivity index (χ4v) is 2.45. The molecule has 0 amide bonds. The zero-order valence-corrected chi connectivity index (χ0v) is 10.0. The first-order chi connectivity index (χ1) is 7.92. The van der Waals surface area contributed by atoms with Gasteiger partial charge in [-0.25, -0.2) is 0 Å². The Morgan fingerprint density at radius 3 is 3.12 bits per heavy atom. The van der Waals surface area contributed by atoms with Gasteiger partial charge >= 0.3 is 0 Å². The third-order valence-corrected chi connectivity index (χ3v) is 3.32. The van der Waals surface area contributed by atoms with Gasteiger partial charge in [-0.05, 0) is 31.5 Å². The van der Waals surface area contributed by atoms with E-state index in [0.717, 1.165) is 25.5 Å². The monoisotopic (exact) mass is 223 g/mol. The molecular weight excluding hydrogens is 202 g/mol. The van der Waals surface area contributed by atoms with Crippen molar-refractivity contribution < 1.29 is 9.15 Å². The highest BCUT2D eigenvalue weighted by Crippen LogP contribution is 2.29. The number of hydrogen-bond donors (Lipinski definition) is 0. The van der Waals surface area contributed by atoms with Crippen LogP contribution in [-0.2, 0) is 4.74 Å². The van der Waals surface area contributed by atoms with Crippen LogP contribution in [0.5, 0.6) is 0 Å². The van der Waals surface area contributed by atoms with Gasteiger partial charge in [0.1, 0.15) is 5.76 Å². The largest absolute Gasteiger partial charge is 0.468 e. The number of furan rings is 1. The van der Waals surface area contributed by atoms with Crippen molar-refractivity contribution in [2.24, 2.45) is 0 Å². The maximum atomic E-state index is 5.56. The fourth-order valence-electron chi connectivity index (χ4n) is 2.45. The third-order valence-electron chi connectivity index (χ3n) is 3.32. The SMILES string of the molecule is COCCN1CCCCCC1c1ccco1. The highest BCUT2D eigenvalue weighted by atomic mass is 16.5. The number of rotatable bonds is 4. The van der Waals surface area contributed by atoms with Crippen LogP contribution >= 0.6 is 0 Å². The maximum absolute atomic E-state index is 5.56. The molecule has 3 heteroatoms. The summed E-state index contributed by atoms with van der Waals surface area (Å²) in [7, 11) is 1.76. The molecule has 2 rings (SSSR count). The molecule has 1 fully saturated rings. The lowest BCUT2D eigenvalue weighted by atomic mass is 10.1. The van der Waals surface area contributed by atoms with Crippen molar-refractivity contribution in [2.75, 3.05) is 26.8 Å². The van der Waals surface area contributed by atoms with Crippen LogP contribution in [0.3, 0.4) is 0 Å². The zero-order valence-electron chi connectivity index (χ0n) is 10.0. The summed E-state index contributed by atoms with van der Waals surface area (Å²) in [6.07, 6.45) is 6.91. The second-order valence-corrected chi connectivity index (χ2v) is 4.41. The zero-order chi connectivity index (χ0) is 11.2. The second-order valence-electron chi connectivity index (χ2n) is 4.41. The molecule has 1 unspecified atom stereocenters. The smallest absolute Gasteiger partial charge is 0.120 e. The van der Waals surface area contributed by atoms with Gasteiger partial charge in [0.25, 0.3) is 0 Å². The van der Waals surface area contributed by atoms with Gasteiger partial charge in [0.15, 0.2) is 0 Å². The van der Waals surface area contributed by atoms with Crippen molar-refractivity contribution in [2.45, 2.75) is 31.7 Å². The van der Waals surface area contributed by atoms with Crippen molar-refractivity contribution in [1.29, 1.82) is 0 Å². The Kier molecular flexibility index (Phi) is 4.43. The van der Waals surface area contributed by atoms with Crippen LogP contribution in [0, 0.1) is 0 Å². The van der Waals surface area contributed by atoms with E-state index in [9.17, 15) is 0 Å². The molecule has 1 saturated heterocycles. The minimum Gasteiger partial charge on any atom is -0.468 e. The van der Waals surface area contributed by atoms with Crippen molar-refractivity contribution in [1.82, 2.24) is 4.90 Å². The van der Waals surface area contributed by atoms with Gasteiger partial charge in [0.2, 0.25) is 0 Å². The average Bonchev–Trinajstić information content (AvgIpc) is 2.73. The van der Waals surface area contributed by atoms with Crippen LogP contribution in [-0.4, -0.2) is 31.7 Å². The van der Waals surface area contributed by atoms with Gasteiger partial charge in [0, 0.05) is 13.7 Å². The van der Waals surface area contributed by atoms with E-state index in [-0.39, 0.29) is 0 Å². The first kappa shape index (κ1) is 11.7. The lowest BCUT2D eigenvalue weighted by Crippen LogP contribution is -2.31. The molecular formula is C13H21NO2. The maximum Gasteiger partial charge on any atom is 0.120 e. The summed E-state index contributed by atoms with van der Waals surface area (Å²) in [5, 5.41) is 0. The normalized spacial score (nSPS) is 23.2. The van der Waals surface area contributed by atoms with E-state index in [1.54, 1.807) is 13.4 Å². The van der Waals surface area contributed by atoms with Gasteiger partial charge in [-0.2, -0.15) is 0 Å². The van der Waals surface area contributed by atoms with Crippen LogP contribution < -0.4 is 0 Å². The summed E-state index contributed by atoms with van der Waals surface area (Å²) in [4.78, 5) is 2.50. The number of likely N-dealkylation sites (tertiary alicyclic amines) is 1. The molecule has 1 aliphatic rings. The summed E-state index contributed by atoms with van der Waals surface area (Å²) in [6.45, 7) is 2.97. The molecule has 0 aromatic carbocycles. The van der Waals surface area contributed by atoms with E-state index >= 15 is 0 Å². The fraction of sp³-hybridized carbons (Fsp3) is 0.692. The first-order valence-corrected chi connectivity index (χ1v) is 6.18. The van der Waals surface area contributed by atoms with Gasteiger partial charge in [-0.1, -0.05) is 12.8 Å². The Bertz CT molecular complexity index is 284. The Morgan fingerprint density at radius 1 is 1.44 bits per heavy atom. The van der Waals surface area contributed by atoms with Gasteiger partial charge in [0.05, 0.1) is 18.9 Å². The van der Waals surface area contributed by atoms with Crippen molar-refractivity contribution in [3.8, 4) is 0 Å². The minimum absolute atomic E-state index is 0.452. The molecule has 16 heavy (non-hydrogen) atoms. The standard InChI is InChI=1S/C13H21NO2/c1-15-11-9-14-8-4-2-3-6-12(14)13-7-5-10-16-13/h5,7,10,12H,2-4,6,8-9,11H2,1H3. The molecule has 1 atom stereocenters. The molecule has 1 aliphatic heterocycles. The summed E-state index contributed by atoms with van der Waals surface area (Å²) >= 11 is 0. The van der Waals surface area contributed by atoms with Crippen LogP contribution in [0.2, 0.25) is 0 Å². The Hall–Kier alpha value is -0.800.